The summed E-state index contributed by atoms with van der Waals surface area (Å²) < 4.78 is 28.9. The van der Waals surface area contributed by atoms with Crippen molar-refractivity contribution >= 4 is 39.1 Å². The summed E-state index contributed by atoms with van der Waals surface area (Å²) in [7, 11) is -4.11. The van der Waals surface area contributed by atoms with E-state index in [1.54, 1.807) is 61.5 Å². The molecule has 0 aliphatic carbocycles. The summed E-state index contributed by atoms with van der Waals surface area (Å²) in [5.41, 5.74) is 2.71. The number of hydrogen-bond acceptors (Lipinski definition) is 4. The standard InChI is InChI=1S/C29H34ClN3O4S/c1-5-26(29(35)31-6-2)32(19-23-14-10-11-17-25(23)30)28(34)20-33(27-18-12-13-21(3)22(27)4)38(36,37)24-15-8-7-9-16-24/h7-18,26H,5-6,19-20H2,1-4H3,(H,31,35). The Balaban J connectivity index is 2.11. The molecule has 7 nitrogen and oxygen atoms in total. The van der Waals surface area contributed by atoms with Crippen molar-refractivity contribution in [3.63, 3.8) is 0 Å². The van der Waals surface area contributed by atoms with Crippen molar-refractivity contribution in [2.24, 2.45) is 0 Å². The van der Waals surface area contributed by atoms with Gasteiger partial charge in [-0.3, -0.25) is 13.9 Å². The maximum atomic E-state index is 14.0. The third kappa shape index (κ3) is 6.55. The summed E-state index contributed by atoms with van der Waals surface area (Å²) in [5.74, 6) is -0.817. The number of sulfonamides is 1. The van der Waals surface area contributed by atoms with Crippen LogP contribution in [0.15, 0.2) is 77.7 Å². The number of amides is 2. The first-order valence-corrected chi connectivity index (χ1v) is 14.4. The molecule has 2 amide bonds. The Kier molecular flexibility index (Phi) is 9.94. The highest BCUT2D eigenvalue weighted by atomic mass is 35.5. The molecular formula is C29H34ClN3O4S. The minimum atomic E-state index is -4.11. The number of aryl methyl sites for hydroxylation is 1. The maximum absolute atomic E-state index is 14.0. The van der Waals surface area contributed by atoms with E-state index < -0.39 is 28.5 Å². The summed E-state index contributed by atoms with van der Waals surface area (Å²) in [4.78, 5) is 28.5. The zero-order valence-electron chi connectivity index (χ0n) is 22.1. The van der Waals surface area contributed by atoms with Crippen LogP contribution in [0.25, 0.3) is 0 Å². The molecule has 0 radical (unpaired) electrons. The number of hydrogen-bond donors (Lipinski definition) is 1. The fraction of sp³-hybridized carbons (Fsp3) is 0.310. The molecule has 0 aliphatic heterocycles. The van der Waals surface area contributed by atoms with E-state index in [-0.39, 0.29) is 17.3 Å². The molecule has 0 aliphatic rings. The third-order valence-corrected chi connectivity index (χ3v) is 8.63. The average molecular weight is 556 g/mol. The molecule has 0 fully saturated rings. The molecule has 1 N–H and O–H groups in total. The van der Waals surface area contributed by atoms with Gasteiger partial charge in [0.15, 0.2) is 0 Å². The fourth-order valence-corrected chi connectivity index (χ4v) is 5.95. The summed E-state index contributed by atoms with van der Waals surface area (Å²) in [5, 5.41) is 3.25. The second-order valence-electron chi connectivity index (χ2n) is 8.98. The second-order valence-corrected chi connectivity index (χ2v) is 11.2. The number of carbonyl (C=O) groups is 2. The van der Waals surface area contributed by atoms with E-state index in [1.165, 1.54) is 17.0 Å². The molecule has 1 unspecified atom stereocenters. The lowest BCUT2D eigenvalue weighted by atomic mass is 10.1. The average Bonchev–Trinajstić information content (AvgIpc) is 2.90. The highest BCUT2D eigenvalue weighted by Gasteiger charge is 2.34. The van der Waals surface area contributed by atoms with Gasteiger partial charge in [-0.25, -0.2) is 8.42 Å². The van der Waals surface area contributed by atoms with Crippen molar-refractivity contribution in [3.8, 4) is 0 Å². The Morgan fingerprint density at radius 1 is 0.921 bits per heavy atom. The van der Waals surface area contributed by atoms with Gasteiger partial charge in [-0.1, -0.05) is 67.1 Å². The molecule has 0 saturated heterocycles. The predicted octanol–water partition coefficient (Wildman–Crippen LogP) is 5.10. The zero-order chi connectivity index (χ0) is 27.9. The molecule has 0 bridgehead atoms. The fourth-order valence-electron chi connectivity index (χ4n) is 4.26. The molecule has 0 heterocycles. The van der Waals surface area contributed by atoms with E-state index in [0.717, 1.165) is 15.4 Å². The Morgan fingerprint density at radius 3 is 2.21 bits per heavy atom. The van der Waals surface area contributed by atoms with E-state index in [9.17, 15) is 18.0 Å². The largest absolute Gasteiger partial charge is 0.355 e. The maximum Gasteiger partial charge on any atom is 0.264 e. The molecular weight excluding hydrogens is 522 g/mol. The number of nitrogens with zero attached hydrogens (tertiary/aromatic N) is 2. The first-order chi connectivity index (χ1) is 18.1. The number of nitrogens with one attached hydrogen (secondary N) is 1. The van der Waals surface area contributed by atoms with E-state index in [1.807, 2.05) is 26.8 Å². The van der Waals surface area contributed by atoms with Crippen molar-refractivity contribution in [2.45, 2.75) is 51.6 Å². The van der Waals surface area contributed by atoms with Crippen molar-refractivity contribution in [1.82, 2.24) is 10.2 Å². The Labute approximate surface area is 230 Å². The lowest BCUT2D eigenvalue weighted by Crippen LogP contribution is -2.52. The van der Waals surface area contributed by atoms with Crippen molar-refractivity contribution in [1.29, 1.82) is 0 Å². The molecule has 3 rings (SSSR count). The van der Waals surface area contributed by atoms with Gasteiger partial charge in [-0.15, -0.1) is 0 Å². The number of anilines is 1. The van der Waals surface area contributed by atoms with Crippen LogP contribution in [0.4, 0.5) is 5.69 Å². The van der Waals surface area contributed by atoms with Crippen molar-refractivity contribution < 1.29 is 18.0 Å². The van der Waals surface area contributed by atoms with Crippen molar-refractivity contribution in [3.05, 3.63) is 94.5 Å². The Bertz CT molecular complexity index is 1380. The Morgan fingerprint density at radius 2 is 1.58 bits per heavy atom. The van der Waals surface area contributed by atoms with E-state index >= 15 is 0 Å². The van der Waals surface area contributed by atoms with Crippen LogP contribution >= 0.6 is 11.6 Å². The highest BCUT2D eigenvalue weighted by Crippen LogP contribution is 2.29. The molecule has 1 atom stereocenters. The van der Waals surface area contributed by atoms with Gasteiger partial charge in [0.25, 0.3) is 10.0 Å². The van der Waals surface area contributed by atoms with Gasteiger partial charge in [0.1, 0.15) is 12.6 Å². The van der Waals surface area contributed by atoms with Crippen molar-refractivity contribution in [2.75, 3.05) is 17.4 Å². The van der Waals surface area contributed by atoms with Gasteiger partial charge in [0, 0.05) is 18.1 Å². The molecule has 0 spiro atoms. The number of carbonyl (C=O) groups excluding carboxylic acids is 2. The van der Waals surface area contributed by atoms with Crippen LogP contribution in [-0.2, 0) is 26.2 Å². The van der Waals surface area contributed by atoms with Gasteiger partial charge >= 0.3 is 0 Å². The molecule has 38 heavy (non-hydrogen) atoms. The lowest BCUT2D eigenvalue weighted by molar-refractivity contribution is -0.140. The first-order valence-electron chi connectivity index (χ1n) is 12.6. The summed E-state index contributed by atoms with van der Waals surface area (Å²) in [6.07, 6.45) is 0.344. The molecule has 9 heteroatoms. The van der Waals surface area contributed by atoms with Gasteiger partial charge in [0.2, 0.25) is 11.8 Å². The second kappa shape index (κ2) is 12.9. The Hall–Kier alpha value is -3.36. The number of halogens is 1. The SMILES string of the molecule is CCNC(=O)C(CC)N(Cc1ccccc1Cl)C(=O)CN(c1cccc(C)c1C)S(=O)(=O)c1ccccc1. The first kappa shape index (κ1) is 29.2. The van der Waals surface area contributed by atoms with Crippen LogP contribution < -0.4 is 9.62 Å². The highest BCUT2D eigenvalue weighted by molar-refractivity contribution is 7.92. The van der Waals surface area contributed by atoms with Crippen LogP contribution in [0, 0.1) is 13.8 Å². The van der Waals surface area contributed by atoms with Gasteiger partial charge < -0.3 is 10.2 Å². The van der Waals surface area contributed by atoms with Crippen LogP contribution in [0.3, 0.4) is 0 Å². The van der Waals surface area contributed by atoms with Crippen LogP contribution in [0.2, 0.25) is 5.02 Å². The molecule has 0 saturated carbocycles. The lowest BCUT2D eigenvalue weighted by Gasteiger charge is -2.33. The normalized spacial score (nSPS) is 12.0. The molecule has 3 aromatic carbocycles. The third-order valence-electron chi connectivity index (χ3n) is 6.49. The summed E-state index contributed by atoms with van der Waals surface area (Å²) >= 11 is 6.41. The summed E-state index contributed by atoms with van der Waals surface area (Å²) in [6.45, 7) is 7.31. The van der Waals surface area contributed by atoms with Crippen LogP contribution in [0.1, 0.15) is 37.0 Å². The van der Waals surface area contributed by atoms with E-state index in [4.69, 9.17) is 11.6 Å². The molecule has 0 aromatic heterocycles. The molecule has 202 valence electrons. The number of rotatable bonds is 11. The van der Waals surface area contributed by atoms with Crippen LogP contribution in [0.5, 0.6) is 0 Å². The topological polar surface area (TPSA) is 86.8 Å². The molecule has 3 aromatic rings. The monoisotopic (exact) mass is 555 g/mol. The number of likely N-dealkylation sites (N-methyl/N-ethyl adjacent to an activating group) is 1. The van der Waals surface area contributed by atoms with Crippen LogP contribution in [-0.4, -0.2) is 44.3 Å². The number of benzene rings is 3. The van der Waals surface area contributed by atoms with E-state index in [2.05, 4.69) is 5.32 Å². The van der Waals surface area contributed by atoms with E-state index in [0.29, 0.717) is 29.2 Å². The van der Waals surface area contributed by atoms with Gasteiger partial charge in [0.05, 0.1) is 10.6 Å². The predicted molar refractivity (Wildman–Crippen MR) is 152 cm³/mol. The summed E-state index contributed by atoms with van der Waals surface area (Å²) in [6, 6.07) is 19.7. The van der Waals surface area contributed by atoms with Gasteiger partial charge in [-0.05, 0) is 68.1 Å². The zero-order valence-corrected chi connectivity index (χ0v) is 23.7. The van der Waals surface area contributed by atoms with Gasteiger partial charge in [-0.2, -0.15) is 0 Å². The minimum absolute atomic E-state index is 0.0557. The minimum Gasteiger partial charge on any atom is -0.355 e. The smallest absolute Gasteiger partial charge is 0.264 e. The quantitative estimate of drug-likeness (QED) is 0.357.